The SMILES string of the molecule is CC(C)(C)OC(=O)N1CCC[C@H]1c1ncc(-c2ccc(-c3ccc(-c4cnc([C@@H]5CCCN5)[nH]4)c4c3CCC43CCCC3)cc2)[nH]1. The second-order valence-electron chi connectivity index (χ2n) is 14.9. The Bertz CT molecular complexity index is 1730. The molecule has 0 radical (unpaired) electrons. The smallest absolute Gasteiger partial charge is 0.410 e. The van der Waals surface area contributed by atoms with E-state index in [2.05, 4.69) is 57.9 Å². The summed E-state index contributed by atoms with van der Waals surface area (Å²) in [4.78, 5) is 31.5. The van der Waals surface area contributed by atoms with Crippen molar-refractivity contribution in [1.82, 2.24) is 30.2 Å². The van der Waals surface area contributed by atoms with E-state index >= 15 is 0 Å². The number of carbonyl (C=O) groups excluding carboxylic acids is 1. The first-order valence-corrected chi connectivity index (χ1v) is 17.4. The predicted octanol–water partition coefficient (Wildman–Crippen LogP) is 8.39. The van der Waals surface area contributed by atoms with E-state index in [1.165, 1.54) is 60.8 Å². The minimum Gasteiger partial charge on any atom is -0.444 e. The number of H-pyrrole nitrogens is 2. The number of aromatic nitrogens is 4. The summed E-state index contributed by atoms with van der Waals surface area (Å²) >= 11 is 0. The highest BCUT2D eigenvalue weighted by atomic mass is 16.6. The van der Waals surface area contributed by atoms with Crippen LogP contribution in [0.25, 0.3) is 33.6 Å². The molecule has 2 aliphatic carbocycles. The lowest BCUT2D eigenvalue weighted by molar-refractivity contribution is 0.0218. The highest BCUT2D eigenvalue weighted by Gasteiger charge is 2.44. The monoisotopic (exact) mass is 618 g/mol. The quantitative estimate of drug-likeness (QED) is 0.209. The molecule has 4 heterocycles. The third-order valence-electron chi connectivity index (χ3n) is 10.8. The Hall–Kier alpha value is -3.91. The van der Waals surface area contributed by atoms with E-state index in [4.69, 9.17) is 14.7 Å². The number of ether oxygens (including phenoxy) is 1. The Kier molecular flexibility index (Phi) is 7.31. The van der Waals surface area contributed by atoms with E-state index in [1.807, 2.05) is 31.9 Å². The average Bonchev–Trinajstić information content (AvgIpc) is 3.88. The maximum Gasteiger partial charge on any atom is 0.410 e. The molecule has 3 fully saturated rings. The van der Waals surface area contributed by atoms with Crippen LogP contribution in [-0.4, -0.2) is 49.6 Å². The number of nitrogens with one attached hydrogen (secondary N) is 3. The van der Waals surface area contributed by atoms with E-state index in [0.717, 1.165) is 60.8 Å². The largest absolute Gasteiger partial charge is 0.444 e. The van der Waals surface area contributed by atoms with Gasteiger partial charge in [0.15, 0.2) is 0 Å². The molecular weight excluding hydrogens is 572 g/mol. The van der Waals surface area contributed by atoms with Gasteiger partial charge in [0.05, 0.1) is 35.9 Å². The lowest BCUT2D eigenvalue weighted by Gasteiger charge is -2.27. The second-order valence-corrected chi connectivity index (χ2v) is 14.9. The van der Waals surface area contributed by atoms with Crippen LogP contribution in [0.5, 0.6) is 0 Å². The van der Waals surface area contributed by atoms with E-state index in [1.54, 1.807) is 5.56 Å². The third-order valence-corrected chi connectivity index (χ3v) is 10.8. The van der Waals surface area contributed by atoms with Crippen molar-refractivity contribution in [3.05, 3.63) is 71.6 Å². The van der Waals surface area contributed by atoms with Crippen LogP contribution >= 0.6 is 0 Å². The topological polar surface area (TPSA) is 98.9 Å². The number of rotatable bonds is 5. The first-order chi connectivity index (χ1) is 22.3. The van der Waals surface area contributed by atoms with Crippen LogP contribution in [0.2, 0.25) is 0 Å². The Labute approximate surface area is 271 Å². The molecule has 8 nitrogen and oxygen atoms in total. The van der Waals surface area contributed by atoms with Gasteiger partial charge in [-0.25, -0.2) is 14.8 Å². The first kappa shape index (κ1) is 29.5. The zero-order valence-corrected chi connectivity index (χ0v) is 27.4. The molecule has 0 unspecified atom stereocenters. The van der Waals surface area contributed by atoms with E-state index < -0.39 is 5.60 Å². The molecule has 1 amide bonds. The van der Waals surface area contributed by atoms with E-state index in [-0.39, 0.29) is 17.6 Å². The summed E-state index contributed by atoms with van der Waals surface area (Å²) in [6.45, 7) is 7.48. The minimum atomic E-state index is -0.520. The summed E-state index contributed by atoms with van der Waals surface area (Å²) in [5, 5.41) is 3.59. The summed E-state index contributed by atoms with van der Waals surface area (Å²) in [6, 6.07) is 13.9. The molecule has 46 heavy (non-hydrogen) atoms. The molecule has 3 N–H and O–H groups in total. The van der Waals surface area contributed by atoms with Gasteiger partial charge < -0.3 is 20.0 Å². The summed E-state index contributed by atoms with van der Waals surface area (Å²) in [6.07, 6.45) is 15.5. The van der Waals surface area contributed by atoms with E-state index in [9.17, 15) is 4.79 Å². The van der Waals surface area contributed by atoms with Crippen LogP contribution in [0, 0.1) is 0 Å². The molecule has 2 saturated heterocycles. The van der Waals surface area contributed by atoms with Crippen molar-refractivity contribution in [3.63, 3.8) is 0 Å². The molecule has 4 aromatic rings. The first-order valence-electron chi connectivity index (χ1n) is 17.4. The van der Waals surface area contributed by atoms with Crippen molar-refractivity contribution in [2.24, 2.45) is 0 Å². The summed E-state index contributed by atoms with van der Waals surface area (Å²) in [7, 11) is 0. The molecule has 240 valence electrons. The number of likely N-dealkylation sites (tertiary alicyclic amines) is 1. The highest BCUT2D eigenvalue weighted by molar-refractivity contribution is 5.80. The maximum absolute atomic E-state index is 12.9. The molecule has 2 aromatic heterocycles. The lowest BCUT2D eigenvalue weighted by Crippen LogP contribution is -2.36. The molecule has 4 aliphatic rings. The summed E-state index contributed by atoms with van der Waals surface area (Å²) < 4.78 is 5.67. The molecule has 1 saturated carbocycles. The number of nitrogens with zero attached hydrogens (tertiary/aromatic N) is 3. The van der Waals surface area contributed by atoms with Gasteiger partial charge in [0.25, 0.3) is 0 Å². The number of hydrogen-bond acceptors (Lipinski definition) is 5. The number of benzene rings is 2. The van der Waals surface area contributed by atoms with Gasteiger partial charge in [-0.05, 0) is 112 Å². The molecular formula is C38H46N6O2. The maximum atomic E-state index is 12.9. The number of hydrogen-bond donors (Lipinski definition) is 3. The van der Waals surface area contributed by atoms with Crippen LogP contribution < -0.4 is 5.32 Å². The molecule has 8 heteroatoms. The van der Waals surface area contributed by atoms with Crippen molar-refractivity contribution in [1.29, 1.82) is 0 Å². The molecule has 8 rings (SSSR count). The second kappa shape index (κ2) is 11.4. The van der Waals surface area contributed by atoms with Crippen LogP contribution in [0.4, 0.5) is 4.79 Å². The van der Waals surface area contributed by atoms with Crippen LogP contribution in [0.1, 0.15) is 113 Å². The fourth-order valence-electron chi connectivity index (χ4n) is 8.69. The highest BCUT2D eigenvalue weighted by Crippen LogP contribution is 2.55. The van der Waals surface area contributed by atoms with Gasteiger partial charge in [-0.3, -0.25) is 4.90 Å². The summed E-state index contributed by atoms with van der Waals surface area (Å²) in [5.74, 6) is 1.90. The van der Waals surface area contributed by atoms with E-state index in [0.29, 0.717) is 12.6 Å². The Morgan fingerprint density at radius 2 is 1.57 bits per heavy atom. The molecule has 1 spiro atoms. The minimum absolute atomic E-state index is 0.0905. The van der Waals surface area contributed by atoms with Gasteiger partial charge in [0.1, 0.15) is 17.2 Å². The molecule has 2 aromatic carbocycles. The van der Waals surface area contributed by atoms with Gasteiger partial charge in [0.2, 0.25) is 0 Å². The average molecular weight is 619 g/mol. The van der Waals surface area contributed by atoms with Crippen molar-refractivity contribution in [2.45, 2.75) is 108 Å². The Morgan fingerprint density at radius 1 is 0.848 bits per heavy atom. The van der Waals surface area contributed by atoms with Crippen LogP contribution in [0.15, 0.2) is 48.8 Å². The normalized spacial score (nSPS) is 22.2. The third kappa shape index (κ3) is 5.24. The van der Waals surface area contributed by atoms with Crippen molar-refractivity contribution in [3.8, 4) is 33.6 Å². The predicted molar refractivity (Wildman–Crippen MR) is 180 cm³/mol. The Morgan fingerprint density at radius 3 is 2.33 bits per heavy atom. The van der Waals surface area contributed by atoms with Gasteiger partial charge in [-0.1, -0.05) is 49.2 Å². The van der Waals surface area contributed by atoms with Gasteiger partial charge >= 0.3 is 6.09 Å². The van der Waals surface area contributed by atoms with Crippen molar-refractivity contribution >= 4 is 6.09 Å². The van der Waals surface area contributed by atoms with Crippen molar-refractivity contribution < 1.29 is 9.53 Å². The molecule has 0 bridgehead atoms. The number of amides is 1. The number of fused-ring (bicyclic) bond motifs is 2. The number of aromatic amines is 2. The van der Waals surface area contributed by atoms with Crippen LogP contribution in [0.3, 0.4) is 0 Å². The number of imidazole rings is 2. The molecule has 2 aliphatic heterocycles. The fourth-order valence-corrected chi connectivity index (χ4v) is 8.69. The number of carbonyl (C=O) groups is 1. The van der Waals surface area contributed by atoms with Gasteiger partial charge in [0, 0.05) is 12.1 Å². The zero-order valence-electron chi connectivity index (χ0n) is 27.4. The summed E-state index contributed by atoms with van der Waals surface area (Å²) in [5.41, 5.74) is 10.1. The Balaban J connectivity index is 1.07. The standard InChI is InChI=1S/C38H46N6O2/c1-37(2,3)46-36(45)44-21-7-9-32(44)35-41-22-30(42-35)25-12-10-24(11-13-25)26-14-15-28(31-23-40-34(43-31)29-8-6-20-39-29)33-27(26)16-19-38(33)17-4-5-18-38/h10-15,22-23,29,32,39H,4-9,16-21H2,1-3H3,(H,40,43)(H,41,42)/t29-,32-/m0/s1. The lowest BCUT2D eigenvalue weighted by atomic mass is 9.77. The zero-order chi connectivity index (χ0) is 31.5. The van der Waals surface area contributed by atoms with Crippen LogP contribution in [-0.2, 0) is 16.6 Å². The van der Waals surface area contributed by atoms with Gasteiger partial charge in [-0.2, -0.15) is 0 Å². The molecule has 2 atom stereocenters. The van der Waals surface area contributed by atoms with Gasteiger partial charge in [-0.15, -0.1) is 0 Å². The fraction of sp³-hybridized carbons (Fsp3) is 0.500. The van der Waals surface area contributed by atoms with Crippen molar-refractivity contribution in [2.75, 3.05) is 13.1 Å².